The molecule has 21 heavy (non-hydrogen) atoms. The summed E-state index contributed by atoms with van der Waals surface area (Å²) >= 11 is 0. The molecule has 0 amide bonds. The number of aromatic nitrogens is 3. The summed E-state index contributed by atoms with van der Waals surface area (Å²) in [5, 5.41) is 2.63. The van der Waals surface area contributed by atoms with E-state index >= 15 is 0 Å². The maximum Gasteiger partial charge on any atom is 0.318 e. The second kappa shape index (κ2) is 7.09. The minimum absolute atomic E-state index is 0.00941. The second-order valence-corrected chi connectivity index (χ2v) is 3.96. The Hall–Kier alpha value is -2.83. The van der Waals surface area contributed by atoms with E-state index in [1.54, 1.807) is 12.1 Å². The van der Waals surface area contributed by atoms with Crippen molar-refractivity contribution in [3.63, 3.8) is 0 Å². The van der Waals surface area contributed by atoms with Crippen LogP contribution in [0, 0.1) is 5.82 Å². The summed E-state index contributed by atoms with van der Waals surface area (Å²) in [5.41, 5.74) is 0.482. The third kappa shape index (κ3) is 4.07. The number of carbonyl (C=O) groups excluding carboxylic acids is 1. The van der Waals surface area contributed by atoms with Crippen LogP contribution < -0.4 is 10.1 Å². The molecule has 0 spiro atoms. The minimum atomic E-state index is -0.663. The van der Waals surface area contributed by atoms with E-state index in [0.717, 1.165) is 6.20 Å². The Balaban J connectivity index is 2.02. The monoisotopic (exact) mass is 288 g/mol. The van der Waals surface area contributed by atoms with Gasteiger partial charge in [-0.25, -0.2) is 9.37 Å². The van der Waals surface area contributed by atoms with E-state index in [1.807, 2.05) is 0 Å². The number of halogens is 1. The van der Waals surface area contributed by atoms with Crippen molar-refractivity contribution in [2.75, 3.05) is 18.5 Å². The number of anilines is 1. The predicted molar refractivity (Wildman–Crippen MR) is 74.7 cm³/mol. The van der Waals surface area contributed by atoms with Crippen LogP contribution in [0.3, 0.4) is 0 Å². The first-order valence-electron chi connectivity index (χ1n) is 6.14. The SMILES string of the molecule is C=CCOc1ncc(F)c(NCC(=O)c2ccncc2)n1. The Kier molecular flexibility index (Phi) is 4.92. The van der Waals surface area contributed by atoms with Gasteiger partial charge in [-0.3, -0.25) is 9.78 Å². The van der Waals surface area contributed by atoms with Crippen LogP contribution in [0.2, 0.25) is 0 Å². The number of hydrogen-bond acceptors (Lipinski definition) is 6. The maximum atomic E-state index is 13.6. The molecule has 0 bridgehead atoms. The van der Waals surface area contributed by atoms with Crippen LogP contribution in [0.25, 0.3) is 0 Å². The number of ketones is 1. The van der Waals surface area contributed by atoms with Crippen molar-refractivity contribution in [3.8, 4) is 6.01 Å². The number of Topliss-reactive ketones (excluding diaryl/α,β-unsaturated/α-hetero) is 1. The average Bonchev–Trinajstić information content (AvgIpc) is 2.53. The second-order valence-electron chi connectivity index (χ2n) is 3.96. The zero-order valence-corrected chi connectivity index (χ0v) is 11.1. The lowest BCUT2D eigenvalue weighted by atomic mass is 10.2. The average molecular weight is 288 g/mol. The number of hydrogen-bond donors (Lipinski definition) is 1. The third-order valence-electron chi connectivity index (χ3n) is 2.47. The lowest BCUT2D eigenvalue weighted by molar-refractivity contribution is 0.101. The molecule has 0 aliphatic rings. The zero-order chi connectivity index (χ0) is 15.1. The summed E-state index contributed by atoms with van der Waals surface area (Å²) in [6, 6.07) is 3.17. The van der Waals surface area contributed by atoms with Crippen LogP contribution in [-0.4, -0.2) is 33.9 Å². The van der Waals surface area contributed by atoms with Crippen LogP contribution in [0.15, 0.2) is 43.4 Å². The van der Waals surface area contributed by atoms with Gasteiger partial charge in [0.05, 0.1) is 12.7 Å². The molecule has 2 aromatic heterocycles. The van der Waals surface area contributed by atoms with Crippen LogP contribution in [0.5, 0.6) is 6.01 Å². The quantitative estimate of drug-likeness (QED) is 0.619. The molecule has 7 heteroatoms. The highest BCUT2D eigenvalue weighted by atomic mass is 19.1. The Labute approximate surface area is 120 Å². The third-order valence-corrected chi connectivity index (χ3v) is 2.47. The van der Waals surface area contributed by atoms with Crippen molar-refractivity contribution in [2.45, 2.75) is 0 Å². The molecule has 0 atom stereocenters. The van der Waals surface area contributed by atoms with Gasteiger partial charge in [0.15, 0.2) is 17.4 Å². The van der Waals surface area contributed by atoms with Crippen molar-refractivity contribution < 1.29 is 13.9 Å². The fourth-order valence-electron chi connectivity index (χ4n) is 1.48. The van der Waals surface area contributed by atoms with Gasteiger partial charge in [0, 0.05) is 18.0 Å². The molecule has 6 nitrogen and oxygen atoms in total. The highest BCUT2D eigenvalue weighted by Crippen LogP contribution is 2.13. The first kappa shape index (κ1) is 14.6. The van der Waals surface area contributed by atoms with Gasteiger partial charge < -0.3 is 10.1 Å². The fourth-order valence-corrected chi connectivity index (χ4v) is 1.48. The molecule has 108 valence electrons. The maximum absolute atomic E-state index is 13.6. The summed E-state index contributed by atoms with van der Waals surface area (Å²) in [6.07, 6.45) is 5.52. The largest absolute Gasteiger partial charge is 0.459 e. The molecule has 0 fully saturated rings. The van der Waals surface area contributed by atoms with Gasteiger partial charge in [-0.15, -0.1) is 0 Å². The van der Waals surface area contributed by atoms with Gasteiger partial charge >= 0.3 is 6.01 Å². The van der Waals surface area contributed by atoms with E-state index in [0.29, 0.717) is 5.56 Å². The van der Waals surface area contributed by atoms with Gasteiger partial charge in [0.25, 0.3) is 0 Å². The summed E-state index contributed by atoms with van der Waals surface area (Å²) < 4.78 is 18.7. The van der Waals surface area contributed by atoms with Crippen LogP contribution in [0.4, 0.5) is 10.2 Å². The molecule has 1 N–H and O–H groups in total. The predicted octanol–water partition coefficient (Wildman–Crippen LogP) is 1.87. The summed E-state index contributed by atoms with van der Waals surface area (Å²) in [5.74, 6) is -0.959. The molecule has 2 heterocycles. The fraction of sp³-hybridized carbons (Fsp3) is 0.143. The molecule has 0 radical (unpaired) electrons. The molecular formula is C14H13FN4O2. The van der Waals surface area contributed by atoms with Gasteiger partial charge in [0.2, 0.25) is 0 Å². The van der Waals surface area contributed by atoms with Gasteiger partial charge in [0.1, 0.15) is 6.61 Å². The molecule has 0 aliphatic carbocycles. The molecule has 0 unspecified atom stereocenters. The zero-order valence-electron chi connectivity index (χ0n) is 11.1. The Morgan fingerprint density at radius 1 is 1.43 bits per heavy atom. The summed E-state index contributed by atoms with van der Waals surface area (Å²) in [6.45, 7) is 3.60. The first-order chi connectivity index (χ1) is 10.2. The van der Waals surface area contributed by atoms with Crippen molar-refractivity contribution in [3.05, 3.63) is 54.8 Å². The molecule has 0 aliphatic heterocycles. The number of nitrogens with zero attached hydrogens (tertiary/aromatic N) is 3. The van der Waals surface area contributed by atoms with E-state index < -0.39 is 5.82 Å². The highest BCUT2D eigenvalue weighted by Gasteiger charge is 2.10. The lowest BCUT2D eigenvalue weighted by Gasteiger charge is -2.07. The van der Waals surface area contributed by atoms with Crippen molar-refractivity contribution in [1.82, 2.24) is 15.0 Å². The van der Waals surface area contributed by atoms with Crippen LogP contribution in [0.1, 0.15) is 10.4 Å². The number of ether oxygens (including phenoxy) is 1. The molecular weight excluding hydrogens is 275 g/mol. The molecule has 2 rings (SSSR count). The van der Waals surface area contributed by atoms with E-state index in [4.69, 9.17) is 4.74 Å². The van der Waals surface area contributed by atoms with Gasteiger partial charge in [-0.1, -0.05) is 12.7 Å². The van der Waals surface area contributed by atoms with Crippen molar-refractivity contribution >= 4 is 11.6 Å². The Morgan fingerprint density at radius 2 is 2.19 bits per heavy atom. The topological polar surface area (TPSA) is 77.0 Å². The van der Waals surface area contributed by atoms with Crippen molar-refractivity contribution in [2.24, 2.45) is 0 Å². The normalized spacial score (nSPS) is 9.95. The molecule has 0 aromatic carbocycles. The number of nitrogens with one attached hydrogen (secondary N) is 1. The molecule has 0 saturated heterocycles. The standard InChI is InChI=1S/C14H13FN4O2/c1-2-7-21-14-18-8-11(15)13(19-14)17-9-12(20)10-3-5-16-6-4-10/h2-6,8H,1,7,9H2,(H,17,18,19). The van der Waals surface area contributed by atoms with E-state index in [2.05, 4.69) is 26.8 Å². The van der Waals surface area contributed by atoms with Gasteiger partial charge in [-0.05, 0) is 12.1 Å². The smallest absolute Gasteiger partial charge is 0.318 e. The number of carbonyl (C=O) groups is 1. The molecule has 0 saturated carbocycles. The van der Waals surface area contributed by atoms with E-state index in [-0.39, 0.29) is 30.8 Å². The first-order valence-corrected chi connectivity index (χ1v) is 6.14. The van der Waals surface area contributed by atoms with Crippen LogP contribution in [-0.2, 0) is 0 Å². The van der Waals surface area contributed by atoms with E-state index in [9.17, 15) is 9.18 Å². The van der Waals surface area contributed by atoms with Gasteiger partial charge in [-0.2, -0.15) is 4.98 Å². The Bertz CT molecular complexity index is 634. The molecule has 2 aromatic rings. The van der Waals surface area contributed by atoms with E-state index in [1.165, 1.54) is 18.5 Å². The minimum Gasteiger partial charge on any atom is -0.459 e. The van der Waals surface area contributed by atoms with Crippen molar-refractivity contribution in [1.29, 1.82) is 0 Å². The number of rotatable bonds is 7. The van der Waals surface area contributed by atoms with Crippen LogP contribution >= 0.6 is 0 Å². The summed E-state index contributed by atoms with van der Waals surface area (Å²) in [7, 11) is 0. The Morgan fingerprint density at radius 3 is 2.90 bits per heavy atom. The summed E-state index contributed by atoms with van der Waals surface area (Å²) in [4.78, 5) is 23.2. The number of pyridine rings is 1. The lowest BCUT2D eigenvalue weighted by Crippen LogP contribution is -2.16. The highest BCUT2D eigenvalue weighted by molar-refractivity contribution is 5.98.